The van der Waals surface area contributed by atoms with Crippen LogP contribution in [-0.2, 0) is 10.0 Å². The number of primary sulfonamides is 1. The summed E-state index contributed by atoms with van der Waals surface area (Å²) in [6.45, 7) is 5.71. The van der Waals surface area contributed by atoms with Crippen LogP contribution in [0.1, 0.15) is 26.7 Å². The summed E-state index contributed by atoms with van der Waals surface area (Å²) in [4.78, 5) is 12.1. The fraction of sp³-hybridized carbons (Fsp3) is 0.538. The van der Waals surface area contributed by atoms with E-state index < -0.39 is 14.9 Å². The number of benzene rings is 1. The average Bonchev–Trinajstić information content (AvgIpc) is 2.36. The van der Waals surface area contributed by atoms with Crippen LogP contribution in [-0.4, -0.2) is 26.4 Å². The first-order chi connectivity index (χ1) is 9.58. The van der Waals surface area contributed by atoms with E-state index in [0.29, 0.717) is 5.69 Å². The summed E-state index contributed by atoms with van der Waals surface area (Å²) in [6.07, 6.45) is 2.03. The van der Waals surface area contributed by atoms with Gasteiger partial charge in [0.15, 0.2) is 0 Å². The standard InChI is InChI=1S/C13H19N3O4S/c1-13(2)4-3-5-15(9-13)10-6-11(16(17)18)8-12(7-10)21(14,19)20/h6-8H,3-5,9H2,1-2H3,(H2,14,19,20). The number of hydrogen-bond acceptors (Lipinski definition) is 5. The topological polar surface area (TPSA) is 107 Å². The maximum absolute atomic E-state index is 11.5. The van der Waals surface area contributed by atoms with Gasteiger partial charge in [-0.2, -0.15) is 0 Å². The third-order valence-corrected chi connectivity index (χ3v) is 4.57. The molecule has 0 radical (unpaired) electrons. The first-order valence-electron chi connectivity index (χ1n) is 6.66. The zero-order valence-electron chi connectivity index (χ0n) is 12.1. The van der Waals surface area contributed by atoms with Gasteiger partial charge in [0.1, 0.15) is 0 Å². The van der Waals surface area contributed by atoms with Gasteiger partial charge in [-0.05, 0) is 24.3 Å². The maximum atomic E-state index is 11.5. The lowest BCUT2D eigenvalue weighted by Gasteiger charge is -2.39. The lowest BCUT2D eigenvalue weighted by atomic mass is 9.84. The summed E-state index contributed by atoms with van der Waals surface area (Å²) in [5, 5.41) is 16.1. The van der Waals surface area contributed by atoms with Gasteiger partial charge in [-0.1, -0.05) is 13.8 Å². The molecule has 2 rings (SSSR count). The van der Waals surface area contributed by atoms with E-state index in [0.717, 1.165) is 32.0 Å². The van der Waals surface area contributed by atoms with Crippen molar-refractivity contribution < 1.29 is 13.3 Å². The van der Waals surface area contributed by atoms with Gasteiger partial charge in [-0.25, -0.2) is 13.6 Å². The molecule has 0 aliphatic carbocycles. The van der Waals surface area contributed by atoms with E-state index in [1.807, 2.05) is 4.90 Å². The molecule has 21 heavy (non-hydrogen) atoms. The number of non-ortho nitro benzene ring substituents is 1. The van der Waals surface area contributed by atoms with E-state index in [1.165, 1.54) is 12.1 Å². The van der Waals surface area contributed by atoms with Crippen molar-refractivity contribution >= 4 is 21.4 Å². The smallest absolute Gasteiger partial charge is 0.272 e. The molecule has 2 N–H and O–H groups in total. The number of piperidine rings is 1. The van der Waals surface area contributed by atoms with Gasteiger partial charge in [0, 0.05) is 30.9 Å². The van der Waals surface area contributed by atoms with Crippen LogP contribution in [0.4, 0.5) is 11.4 Å². The third kappa shape index (κ3) is 3.70. The zero-order chi connectivity index (χ0) is 15.8. The molecule has 0 spiro atoms. The molecule has 1 fully saturated rings. The van der Waals surface area contributed by atoms with E-state index in [2.05, 4.69) is 13.8 Å². The van der Waals surface area contributed by atoms with Gasteiger partial charge in [-0.3, -0.25) is 10.1 Å². The van der Waals surface area contributed by atoms with Gasteiger partial charge in [0.25, 0.3) is 5.69 Å². The zero-order valence-corrected chi connectivity index (χ0v) is 12.9. The van der Waals surface area contributed by atoms with E-state index in [1.54, 1.807) is 0 Å². The van der Waals surface area contributed by atoms with Gasteiger partial charge in [0.05, 0.1) is 9.82 Å². The number of nitro groups is 1. The first kappa shape index (κ1) is 15.7. The predicted molar refractivity (Wildman–Crippen MR) is 79.7 cm³/mol. The average molecular weight is 313 g/mol. The molecular formula is C13H19N3O4S. The highest BCUT2D eigenvalue weighted by Crippen LogP contribution is 2.34. The van der Waals surface area contributed by atoms with Gasteiger partial charge in [0.2, 0.25) is 10.0 Å². The Balaban J connectivity index is 2.48. The summed E-state index contributed by atoms with van der Waals surface area (Å²) in [6, 6.07) is 3.80. The Morgan fingerprint density at radius 1 is 1.33 bits per heavy atom. The summed E-state index contributed by atoms with van der Waals surface area (Å²) >= 11 is 0. The fourth-order valence-electron chi connectivity index (χ4n) is 2.66. The van der Waals surface area contributed by atoms with Crippen molar-refractivity contribution in [3.63, 3.8) is 0 Å². The molecule has 1 saturated heterocycles. The molecular weight excluding hydrogens is 294 g/mol. The lowest BCUT2D eigenvalue weighted by molar-refractivity contribution is -0.385. The largest absolute Gasteiger partial charge is 0.371 e. The molecule has 8 heteroatoms. The predicted octanol–water partition coefficient (Wildman–Crippen LogP) is 1.87. The molecule has 1 aliphatic heterocycles. The molecule has 116 valence electrons. The second-order valence-electron chi connectivity index (χ2n) is 6.18. The van der Waals surface area contributed by atoms with Crippen LogP contribution < -0.4 is 10.0 Å². The van der Waals surface area contributed by atoms with Gasteiger partial charge >= 0.3 is 0 Å². The molecule has 1 aromatic carbocycles. The monoisotopic (exact) mass is 313 g/mol. The SMILES string of the molecule is CC1(C)CCCN(c2cc([N+](=O)[O-])cc(S(N)(=O)=O)c2)C1. The highest BCUT2D eigenvalue weighted by atomic mass is 32.2. The summed E-state index contributed by atoms with van der Waals surface area (Å²) in [7, 11) is -3.98. The number of rotatable bonds is 3. The Hall–Kier alpha value is -1.67. The van der Waals surface area contributed by atoms with E-state index in [9.17, 15) is 18.5 Å². The Morgan fingerprint density at radius 2 is 2.00 bits per heavy atom. The number of sulfonamides is 1. The molecule has 1 aliphatic rings. The minimum absolute atomic E-state index is 0.0879. The van der Waals surface area contributed by atoms with Crippen LogP contribution in [0.15, 0.2) is 23.1 Å². The van der Waals surface area contributed by atoms with Crippen molar-refractivity contribution in [3.05, 3.63) is 28.3 Å². The third-order valence-electron chi connectivity index (χ3n) is 3.68. The molecule has 0 bridgehead atoms. The number of anilines is 1. The van der Waals surface area contributed by atoms with Crippen molar-refractivity contribution in [2.75, 3.05) is 18.0 Å². The highest BCUT2D eigenvalue weighted by Gasteiger charge is 2.28. The minimum Gasteiger partial charge on any atom is -0.371 e. The number of hydrogen-bond donors (Lipinski definition) is 1. The van der Waals surface area contributed by atoms with Crippen molar-refractivity contribution in [1.82, 2.24) is 0 Å². The molecule has 0 unspecified atom stereocenters. The van der Waals surface area contributed by atoms with Crippen LogP contribution in [0.25, 0.3) is 0 Å². The van der Waals surface area contributed by atoms with Crippen molar-refractivity contribution in [1.29, 1.82) is 0 Å². The van der Waals surface area contributed by atoms with E-state index in [-0.39, 0.29) is 16.0 Å². The molecule has 0 amide bonds. The number of nitrogens with zero attached hydrogens (tertiary/aromatic N) is 2. The molecule has 0 atom stereocenters. The summed E-state index contributed by atoms with van der Waals surface area (Å²) in [5.74, 6) is 0. The molecule has 7 nitrogen and oxygen atoms in total. The van der Waals surface area contributed by atoms with Crippen LogP contribution in [0, 0.1) is 15.5 Å². The van der Waals surface area contributed by atoms with Crippen LogP contribution >= 0.6 is 0 Å². The molecule has 0 aromatic heterocycles. The number of nitrogens with two attached hydrogens (primary N) is 1. The quantitative estimate of drug-likeness (QED) is 0.677. The Morgan fingerprint density at radius 3 is 2.52 bits per heavy atom. The molecule has 1 heterocycles. The van der Waals surface area contributed by atoms with Crippen LogP contribution in [0.3, 0.4) is 0 Å². The molecule has 1 aromatic rings. The van der Waals surface area contributed by atoms with Crippen LogP contribution in [0.2, 0.25) is 0 Å². The number of nitro benzene ring substituents is 1. The second-order valence-corrected chi connectivity index (χ2v) is 7.74. The van der Waals surface area contributed by atoms with Crippen molar-refractivity contribution in [2.45, 2.75) is 31.6 Å². The van der Waals surface area contributed by atoms with Crippen molar-refractivity contribution in [3.8, 4) is 0 Å². The molecule has 0 saturated carbocycles. The van der Waals surface area contributed by atoms with Crippen molar-refractivity contribution in [2.24, 2.45) is 10.6 Å². The second kappa shape index (κ2) is 5.27. The summed E-state index contributed by atoms with van der Waals surface area (Å²) < 4.78 is 23.0. The van der Waals surface area contributed by atoms with Gasteiger partial charge < -0.3 is 4.90 Å². The Kier molecular flexibility index (Phi) is 3.94. The van der Waals surface area contributed by atoms with Crippen LogP contribution in [0.5, 0.6) is 0 Å². The fourth-order valence-corrected chi connectivity index (χ4v) is 3.23. The summed E-state index contributed by atoms with van der Waals surface area (Å²) in [5.41, 5.74) is 0.353. The Labute approximate surface area is 123 Å². The lowest BCUT2D eigenvalue weighted by Crippen LogP contribution is -2.40. The highest BCUT2D eigenvalue weighted by molar-refractivity contribution is 7.89. The van der Waals surface area contributed by atoms with E-state index in [4.69, 9.17) is 5.14 Å². The maximum Gasteiger partial charge on any atom is 0.272 e. The minimum atomic E-state index is -3.98. The Bertz CT molecular complexity index is 670. The first-order valence-corrected chi connectivity index (χ1v) is 8.20. The normalized spacial score (nSPS) is 18.5. The van der Waals surface area contributed by atoms with Gasteiger partial charge in [-0.15, -0.1) is 0 Å². The van der Waals surface area contributed by atoms with E-state index >= 15 is 0 Å².